The molecule has 2 heterocycles. The maximum absolute atomic E-state index is 6.51. The second kappa shape index (κ2) is 6.78. The zero-order chi connectivity index (χ0) is 17.2. The van der Waals surface area contributed by atoms with Gasteiger partial charge in [0, 0.05) is 39.8 Å². The molecule has 0 amide bonds. The van der Waals surface area contributed by atoms with Crippen molar-refractivity contribution < 1.29 is 4.52 Å². The Kier molecular flexibility index (Phi) is 4.34. The summed E-state index contributed by atoms with van der Waals surface area (Å²) < 4.78 is 6.45. The standard InChI is InChI=1S/C20H16BrN3O/c21-13-8-9-15(18(22)12-14-5-3-4-10-23-14)17(11-13)20-16-6-1-2-7-19(16)25-24-20/h1-11,18H,12,22H2. The van der Waals surface area contributed by atoms with E-state index in [1.54, 1.807) is 6.20 Å². The van der Waals surface area contributed by atoms with Gasteiger partial charge in [0.05, 0.1) is 0 Å². The van der Waals surface area contributed by atoms with Gasteiger partial charge in [0.2, 0.25) is 0 Å². The van der Waals surface area contributed by atoms with E-state index in [9.17, 15) is 0 Å². The van der Waals surface area contributed by atoms with Crippen LogP contribution in [0.15, 0.2) is 75.9 Å². The first kappa shape index (κ1) is 16.0. The molecule has 1 unspecified atom stereocenters. The molecule has 2 aromatic carbocycles. The predicted molar refractivity (Wildman–Crippen MR) is 102 cm³/mol. The second-order valence-electron chi connectivity index (χ2n) is 5.89. The van der Waals surface area contributed by atoms with Crippen LogP contribution in [0.4, 0.5) is 0 Å². The van der Waals surface area contributed by atoms with Gasteiger partial charge < -0.3 is 10.3 Å². The quantitative estimate of drug-likeness (QED) is 0.535. The normalized spacial score (nSPS) is 12.4. The molecule has 2 aromatic heterocycles. The van der Waals surface area contributed by atoms with Crippen LogP contribution in [0.3, 0.4) is 0 Å². The summed E-state index contributed by atoms with van der Waals surface area (Å²) in [6, 6.07) is 19.6. The number of hydrogen-bond donors (Lipinski definition) is 1. The van der Waals surface area contributed by atoms with E-state index in [4.69, 9.17) is 10.3 Å². The van der Waals surface area contributed by atoms with Crippen LogP contribution in [0.25, 0.3) is 22.2 Å². The van der Waals surface area contributed by atoms with Crippen LogP contribution in [0.1, 0.15) is 17.3 Å². The molecule has 4 aromatic rings. The van der Waals surface area contributed by atoms with Crippen molar-refractivity contribution in [1.82, 2.24) is 10.1 Å². The average molecular weight is 394 g/mol. The molecule has 1 atom stereocenters. The van der Waals surface area contributed by atoms with E-state index in [1.807, 2.05) is 60.7 Å². The minimum atomic E-state index is -0.187. The molecule has 0 aliphatic heterocycles. The third-order valence-corrected chi connectivity index (χ3v) is 4.70. The monoisotopic (exact) mass is 393 g/mol. The molecule has 0 aliphatic carbocycles. The molecule has 2 N–H and O–H groups in total. The minimum absolute atomic E-state index is 0.187. The number of aromatic nitrogens is 2. The van der Waals surface area contributed by atoms with Gasteiger partial charge in [-0.25, -0.2) is 0 Å². The van der Waals surface area contributed by atoms with E-state index in [-0.39, 0.29) is 6.04 Å². The van der Waals surface area contributed by atoms with Gasteiger partial charge in [0.1, 0.15) is 5.69 Å². The van der Waals surface area contributed by atoms with Crippen LogP contribution < -0.4 is 5.73 Å². The van der Waals surface area contributed by atoms with Gasteiger partial charge in [0.15, 0.2) is 5.58 Å². The third kappa shape index (κ3) is 3.21. The third-order valence-electron chi connectivity index (χ3n) is 4.20. The Morgan fingerprint density at radius 2 is 1.88 bits per heavy atom. The van der Waals surface area contributed by atoms with E-state index in [0.29, 0.717) is 6.42 Å². The van der Waals surface area contributed by atoms with E-state index < -0.39 is 0 Å². The van der Waals surface area contributed by atoms with E-state index >= 15 is 0 Å². The van der Waals surface area contributed by atoms with Crippen LogP contribution in [-0.2, 0) is 6.42 Å². The van der Waals surface area contributed by atoms with Gasteiger partial charge in [-0.2, -0.15) is 0 Å². The highest BCUT2D eigenvalue weighted by molar-refractivity contribution is 9.10. The lowest BCUT2D eigenvalue weighted by Gasteiger charge is -2.16. The molecule has 4 rings (SSSR count). The first-order chi connectivity index (χ1) is 12.2. The van der Waals surface area contributed by atoms with Gasteiger partial charge in [0.25, 0.3) is 0 Å². The van der Waals surface area contributed by atoms with Crippen molar-refractivity contribution in [2.24, 2.45) is 5.73 Å². The summed E-state index contributed by atoms with van der Waals surface area (Å²) in [5.74, 6) is 0. The highest BCUT2D eigenvalue weighted by Gasteiger charge is 2.18. The molecule has 5 heteroatoms. The molecule has 0 fully saturated rings. The van der Waals surface area contributed by atoms with Crippen LogP contribution in [0, 0.1) is 0 Å². The van der Waals surface area contributed by atoms with Crippen molar-refractivity contribution in [2.75, 3.05) is 0 Å². The van der Waals surface area contributed by atoms with E-state index in [0.717, 1.165) is 38.0 Å². The first-order valence-corrected chi connectivity index (χ1v) is 8.81. The highest BCUT2D eigenvalue weighted by Crippen LogP contribution is 2.35. The lowest BCUT2D eigenvalue weighted by molar-refractivity contribution is 0.459. The summed E-state index contributed by atoms with van der Waals surface area (Å²) in [6.07, 6.45) is 2.45. The number of halogens is 1. The number of rotatable bonds is 4. The Labute approximate surface area is 153 Å². The summed E-state index contributed by atoms with van der Waals surface area (Å²) in [7, 11) is 0. The molecule has 0 saturated carbocycles. The van der Waals surface area contributed by atoms with Crippen LogP contribution in [-0.4, -0.2) is 10.1 Å². The smallest absolute Gasteiger partial charge is 0.167 e. The van der Waals surface area contributed by atoms with Gasteiger partial charge in [-0.1, -0.05) is 45.4 Å². The van der Waals surface area contributed by atoms with Crippen LogP contribution in [0.5, 0.6) is 0 Å². The number of nitrogens with two attached hydrogens (primary N) is 1. The molecule has 124 valence electrons. The zero-order valence-electron chi connectivity index (χ0n) is 13.4. The van der Waals surface area contributed by atoms with Crippen molar-refractivity contribution in [3.8, 4) is 11.3 Å². The number of nitrogens with zero attached hydrogens (tertiary/aromatic N) is 2. The summed E-state index contributed by atoms with van der Waals surface area (Å²) in [5.41, 5.74) is 11.1. The summed E-state index contributed by atoms with van der Waals surface area (Å²) in [6.45, 7) is 0. The Morgan fingerprint density at radius 3 is 2.72 bits per heavy atom. The maximum Gasteiger partial charge on any atom is 0.167 e. The lowest BCUT2D eigenvalue weighted by Crippen LogP contribution is -2.15. The van der Waals surface area contributed by atoms with Crippen molar-refractivity contribution in [2.45, 2.75) is 12.5 Å². The van der Waals surface area contributed by atoms with Crippen molar-refractivity contribution in [3.05, 3.63) is 82.6 Å². The minimum Gasteiger partial charge on any atom is -0.356 e. The number of fused-ring (bicyclic) bond motifs is 1. The van der Waals surface area contributed by atoms with E-state index in [2.05, 4.69) is 26.1 Å². The highest BCUT2D eigenvalue weighted by atomic mass is 79.9. The van der Waals surface area contributed by atoms with Crippen LogP contribution in [0.2, 0.25) is 0 Å². The van der Waals surface area contributed by atoms with Gasteiger partial charge in [-0.15, -0.1) is 0 Å². The fraction of sp³-hybridized carbons (Fsp3) is 0.100. The Balaban J connectivity index is 1.79. The SMILES string of the molecule is NC(Cc1ccccn1)c1ccc(Br)cc1-c1noc2ccccc12. The van der Waals surface area contributed by atoms with Crippen LogP contribution >= 0.6 is 15.9 Å². The van der Waals surface area contributed by atoms with Crippen molar-refractivity contribution >= 4 is 26.9 Å². The number of hydrogen-bond acceptors (Lipinski definition) is 4. The summed E-state index contributed by atoms with van der Waals surface area (Å²) >= 11 is 3.55. The molecule has 0 aliphatic rings. The average Bonchev–Trinajstić information content (AvgIpc) is 3.06. The number of benzene rings is 2. The number of pyridine rings is 1. The molecular formula is C20H16BrN3O. The molecule has 0 spiro atoms. The molecular weight excluding hydrogens is 378 g/mol. The molecule has 0 radical (unpaired) electrons. The largest absolute Gasteiger partial charge is 0.356 e. The second-order valence-corrected chi connectivity index (χ2v) is 6.81. The first-order valence-electron chi connectivity index (χ1n) is 8.02. The Hall–Kier alpha value is -2.50. The molecule has 0 bridgehead atoms. The lowest BCUT2D eigenvalue weighted by atomic mass is 9.94. The van der Waals surface area contributed by atoms with Gasteiger partial charge in [-0.05, 0) is 42.0 Å². The van der Waals surface area contributed by atoms with Gasteiger partial charge >= 0.3 is 0 Å². The van der Waals surface area contributed by atoms with E-state index in [1.165, 1.54) is 0 Å². The molecule has 25 heavy (non-hydrogen) atoms. The fourth-order valence-electron chi connectivity index (χ4n) is 2.99. The fourth-order valence-corrected chi connectivity index (χ4v) is 3.35. The summed E-state index contributed by atoms with van der Waals surface area (Å²) in [5, 5.41) is 5.27. The Morgan fingerprint density at radius 1 is 1.04 bits per heavy atom. The predicted octanol–water partition coefficient (Wildman–Crippen LogP) is 4.89. The molecule has 4 nitrogen and oxygen atoms in total. The number of para-hydroxylation sites is 1. The van der Waals surface area contributed by atoms with Crippen molar-refractivity contribution in [3.63, 3.8) is 0 Å². The zero-order valence-corrected chi connectivity index (χ0v) is 15.0. The Bertz CT molecular complexity index is 1010. The maximum atomic E-state index is 6.51. The molecule has 0 saturated heterocycles. The summed E-state index contributed by atoms with van der Waals surface area (Å²) in [4.78, 5) is 4.38. The van der Waals surface area contributed by atoms with Gasteiger partial charge in [-0.3, -0.25) is 4.98 Å². The topological polar surface area (TPSA) is 64.9 Å². The van der Waals surface area contributed by atoms with Crippen molar-refractivity contribution in [1.29, 1.82) is 0 Å².